The van der Waals surface area contributed by atoms with Crippen molar-refractivity contribution >= 4 is 50.3 Å². The molecule has 0 atom stereocenters. The first-order valence-corrected chi connectivity index (χ1v) is 11.6. The van der Waals surface area contributed by atoms with Crippen molar-refractivity contribution in [3.63, 3.8) is 0 Å². The molecule has 7 nitrogen and oxygen atoms in total. The Hall–Kier alpha value is -2.81. The molecule has 0 N–H and O–H groups in total. The van der Waals surface area contributed by atoms with Crippen LogP contribution in [0.2, 0.25) is 5.02 Å². The number of carbonyl (C=O) groups is 1. The number of hydrogen-bond donors (Lipinski definition) is 0. The third-order valence-corrected chi connectivity index (χ3v) is 6.30. The number of fused-ring (bicyclic) bond motifs is 1. The predicted molar refractivity (Wildman–Crippen MR) is 135 cm³/mol. The number of halogens is 1. The van der Waals surface area contributed by atoms with Crippen molar-refractivity contribution in [2.75, 3.05) is 53.4 Å². The number of carbonyl (C=O) groups excluding carboxylic acids is 1. The molecule has 0 aliphatic heterocycles. The number of anilines is 1. The number of amides is 1. The van der Waals surface area contributed by atoms with Crippen molar-refractivity contribution in [3.05, 3.63) is 47.0 Å². The van der Waals surface area contributed by atoms with Crippen molar-refractivity contribution in [3.8, 4) is 17.2 Å². The molecule has 176 valence electrons. The largest absolute Gasteiger partial charge is 0.493 e. The van der Waals surface area contributed by atoms with Crippen LogP contribution in [0.1, 0.15) is 12.0 Å². The van der Waals surface area contributed by atoms with E-state index in [1.807, 2.05) is 26.2 Å². The Bertz CT molecular complexity index is 1120. The summed E-state index contributed by atoms with van der Waals surface area (Å²) >= 11 is 7.76. The molecule has 0 aliphatic carbocycles. The molecule has 0 radical (unpaired) electrons. The Labute approximate surface area is 203 Å². The van der Waals surface area contributed by atoms with Gasteiger partial charge < -0.3 is 19.1 Å². The van der Waals surface area contributed by atoms with Crippen molar-refractivity contribution in [2.45, 2.75) is 6.42 Å². The highest BCUT2D eigenvalue weighted by Crippen LogP contribution is 2.38. The van der Waals surface area contributed by atoms with Crippen molar-refractivity contribution in [2.24, 2.45) is 0 Å². The van der Waals surface area contributed by atoms with Crippen LogP contribution in [0, 0.1) is 0 Å². The molecule has 0 fully saturated rings. The van der Waals surface area contributed by atoms with Crippen LogP contribution in [0.15, 0.2) is 36.4 Å². The van der Waals surface area contributed by atoms with Crippen molar-refractivity contribution in [1.82, 2.24) is 9.88 Å². The number of ether oxygens (including phenoxy) is 3. The molecule has 1 amide bonds. The van der Waals surface area contributed by atoms with Gasteiger partial charge in [-0.15, -0.1) is 0 Å². The van der Waals surface area contributed by atoms with Gasteiger partial charge in [0, 0.05) is 12.6 Å². The maximum absolute atomic E-state index is 13.3. The van der Waals surface area contributed by atoms with Crippen LogP contribution < -0.4 is 19.1 Å². The SMILES string of the molecule is COc1cc(/C=C/C(=O)N(CCCN(C)C)c2nc3c(Cl)cccc3s2)cc(OC)c1OC. The smallest absolute Gasteiger partial charge is 0.252 e. The lowest BCUT2D eigenvalue weighted by atomic mass is 10.1. The molecule has 2 aromatic carbocycles. The van der Waals surface area contributed by atoms with E-state index < -0.39 is 0 Å². The number of para-hydroxylation sites is 1. The fourth-order valence-corrected chi connectivity index (χ4v) is 4.62. The van der Waals surface area contributed by atoms with Gasteiger partial charge in [-0.2, -0.15) is 0 Å². The Morgan fingerprint density at radius 3 is 2.36 bits per heavy atom. The summed E-state index contributed by atoms with van der Waals surface area (Å²) in [4.78, 5) is 21.7. The number of methoxy groups -OCH3 is 3. The van der Waals surface area contributed by atoms with Crippen LogP contribution in [0.25, 0.3) is 16.3 Å². The van der Waals surface area contributed by atoms with Crippen molar-refractivity contribution in [1.29, 1.82) is 0 Å². The average molecular weight is 490 g/mol. The zero-order chi connectivity index (χ0) is 24.0. The van der Waals surface area contributed by atoms with E-state index in [2.05, 4.69) is 9.88 Å². The Morgan fingerprint density at radius 1 is 1.09 bits per heavy atom. The summed E-state index contributed by atoms with van der Waals surface area (Å²) < 4.78 is 17.1. The molecule has 0 saturated carbocycles. The predicted octanol–water partition coefficient (Wildman–Crippen LogP) is 4.97. The van der Waals surface area contributed by atoms with Crippen LogP contribution >= 0.6 is 22.9 Å². The summed E-state index contributed by atoms with van der Waals surface area (Å²) in [5.41, 5.74) is 1.46. The van der Waals surface area contributed by atoms with E-state index in [0.29, 0.717) is 39.5 Å². The number of aromatic nitrogens is 1. The Morgan fingerprint density at radius 2 is 1.79 bits per heavy atom. The third kappa shape index (κ3) is 5.96. The minimum Gasteiger partial charge on any atom is -0.493 e. The quantitative estimate of drug-likeness (QED) is 0.374. The Kier molecular flexibility index (Phi) is 8.55. The summed E-state index contributed by atoms with van der Waals surface area (Å²) in [5, 5.41) is 1.19. The first-order valence-electron chi connectivity index (χ1n) is 10.4. The molecular formula is C24H28ClN3O4S. The second-order valence-electron chi connectivity index (χ2n) is 7.52. The molecule has 0 aliphatic rings. The molecule has 1 heterocycles. The highest BCUT2D eigenvalue weighted by atomic mass is 35.5. The fraction of sp³-hybridized carbons (Fsp3) is 0.333. The van der Waals surface area contributed by atoms with E-state index in [1.54, 1.807) is 50.5 Å². The third-order valence-electron chi connectivity index (χ3n) is 4.95. The van der Waals surface area contributed by atoms with Gasteiger partial charge in [0.25, 0.3) is 5.91 Å². The molecule has 3 rings (SSSR count). The van der Waals surface area contributed by atoms with Gasteiger partial charge in [0.15, 0.2) is 16.6 Å². The lowest BCUT2D eigenvalue weighted by Crippen LogP contribution is -2.32. The standard InChI is InChI=1S/C24H28ClN3O4S/c1-27(2)12-7-13-28(24-26-22-17(25)8-6-9-20(22)33-24)21(29)11-10-16-14-18(30-3)23(32-5)19(15-16)31-4/h6,8-11,14-15H,7,12-13H2,1-5H3/b11-10+. The molecule has 0 bridgehead atoms. The van der Waals surface area contributed by atoms with Crippen LogP contribution in [-0.4, -0.2) is 64.3 Å². The fourth-order valence-electron chi connectivity index (χ4n) is 3.32. The van der Waals surface area contributed by atoms with Gasteiger partial charge >= 0.3 is 0 Å². The van der Waals surface area contributed by atoms with Gasteiger partial charge in [0.2, 0.25) is 5.75 Å². The van der Waals surface area contributed by atoms with Crippen LogP contribution in [0.4, 0.5) is 5.13 Å². The van der Waals surface area contributed by atoms with Gasteiger partial charge in [0.05, 0.1) is 31.1 Å². The first kappa shape index (κ1) is 24.8. The molecule has 9 heteroatoms. The van der Waals surface area contributed by atoms with E-state index in [4.69, 9.17) is 25.8 Å². The number of nitrogens with zero attached hydrogens (tertiary/aromatic N) is 3. The average Bonchev–Trinajstić information content (AvgIpc) is 3.24. The zero-order valence-electron chi connectivity index (χ0n) is 19.4. The lowest BCUT2D eigenvalue weighted by molar-refractivity contribution is -0.114. The highest BCUT2D eigenvalue weighted by molar-refractivity contribution is 7.22. The molecule has 0 unspecified atom stereocenters. The zero-order valence-corrected chi connectivity index (χ0v) is 21.0. The van der Waals surface area contributed by atoms with E-state index >= 15 is 0 Å². The molecule has 0 saturated heterocycles. The van der Waals surface area contributed by atoms with Gasteiger partial charge in [-0.05, 0) is 63.0 Å². The van der Waals surface area contributed by atoms with E-state index in [-0.39, 0.29) is 5.91 Å². The van der Waals surface area contributed by atoms with Gasteiger partial charge in [-0.3, -0.25) is 9.69 Å². The van der Waals surface area contributed by atoms with E-state index in [1.165, 1.54) is 17.4 Å². The van der Waals surface area contributed by atoms with Crippen molar-refractivity contribution < 1.29 is 19.0 Å². The first-order chi connectivity index (χ1) is 15.9. The summed E-state index contributed by atoms with van der Waals surface area (Å²) in [6.07, 6.45) is 4.07. The topological polar surface area (TPSA) is 64.1 Å². The number of rotatable bonds is 10. The normalized spacial score (nSPS) is 11.4. The van der Waals surface area contributed by atoms with Crippen LogP contribution in [0.5, 0.6) is 17.2 Å². The molecule has 0 spiro atoms. The maximum Gasteiger partial charge on any atom is 0.252 e. The van der Waals surface area contributed by atoms with Crippen LogP contribution in [-0.2, 0) is 4.79 Å². The number of benzene rings is 2. The van der Waals surface area contributed by atoms with Gasteiger partial charge in [-0.1, -0.05) is 29.0 Å². The highest BCUT2D eigenvalue weighted by Gasteiger charge is 2.19. The second kappa shape index (κ2) is 11.4. The van der Waals surface area contributed by atoms with E-state index in [0.717, 1.165) is 23.2 Å². The minimum atomic E-state index is -0.169. The lowest BCUT2D eigenvalue weighted by Gasteiger charge is -2.19. The monoisotopic (exact) mass is 489 g/mol. The number of thiazole rings is 1. The molecule has 3 aromatic rings. The van der Waals surface area contributed by atoms with Crippen LogP contribution in [0.3, 0.4) is 0 Å². The van der Waals surface area contributed by atoms with Gasteiger partial charge in [0.1, 0.15) is 5.52 Å². The summed E-state index contributed by atoms with van der Waals surface area (Å²) in [5.74, 6) is 1.37. The summed E-state index contributed by atoms with van der Waals surface area (Å²) in [6.45, 7) is 1.39. The minimum absolute atomic E-state index is 0.169. The Balaban J connectivity index is 1.91. The van der Waals surface area contributed by atoms with Gasteiger partial charge in [-0.25, -0.2) is 4.98 Å². The molecule has 1 aromatic heterocycles. The summed E-state index contributed by atoms with van der Waals surface area (Å²) in [7, 11) is 8.68. The number of hydrogen-bond acceptors (Lipinski definition) is 7. The molecular weight excluding hydrogens is 462 g/mol. The summed E-state index contributed by atoms with van der Waals surface area (Å²) in [6, 6.07) is 9.22. The molecule has 33 heavy (non-hydrogen) atoms. The maximum atomic E-state index is 13.3. The second-order valence-corrected chi connectivity index (χ2v) is 8.94. The van der Waals surface area contributed by atoms with E-state index in [9.17, 15) is 4.79 Å².